The molecule has 0 aliphatic carbocycles. The first-order valence-corrected chi connectivity index (χ1v) is 15.9. The monoisotopic (exact) mass is 601 g/mol. The van der Waals surface area contributed by atoms with E-state index < -0.39 is 0 Å². The van der Waals surface area contributed by atoms with Gasteiger partial charge in [0.1, 0.15) is 22.3 Å². The molecule has 0 aliphatic rings. The van der Waals surface area contributed by atoms with E-state index in [2.05, 4.69) is 157 Å². The van der Waals surface area contributed by atoms with E-state index in [1.165, 1.54) is 21.5 Å². The maximum absolute atomic E-state index is 6.52. The second-order valence-corrected chi connectivity index (χ2v) is 12.1. The van der Waals surface area contributed by atoms with Crippen molar-refractivity contribution in [2.45, 2.75) is 0 Å². The highest BCUT2D eigenvalue weighted by Crippen LogP contribution is 2.44. The zero-order chi connectivity index (χ0) is 30.9. The average molecular weight is 602 g/mol. The van der Waals surface area contributed by atoms with Crippen LogP contribution in [0.1, 0.15) is 0 Å². The summed E-state index contributed by atoms with van der Waals surface area (Å²) in [5, 5.41) is 9.29. The summed E-state index contributed by atoms with van der Waals surface area (Å²) in [5.41, 5.74) is 9.05. The van der Waals surface area contributed by atoms with Gasteiger partial charge in [-0.25, -0.2) is 0 Å². The molecule has 0 atom stereocenters. The van der Waals surface area contributed by atoms with E-state index in [0.29, 0.717) is 0 Å². The van der Waals surface area contributed by atoms with Crippen LogP contribution in [0.15, 0.2) is 173 Å². The third kappa shape index (κ3) is 4.07. The first-order valence-electron chi connectivity index (χ1n) is 15.9. The zero-order valence-electron chi connectivity index (χ0n) is 25.4. The van der Waals surface area contributed by atoms with Gasteiger partial charge in [-0.2, -0.15) is 0 Å². The van der Waals surface area contributed by atoms with Gasteiger partial charge in [-0.3, -0.25) is 0 Å². The van der Waals surface area contributed by atoms with Crippen LogP contribution in [0.3, 0.4) is 0 Å². The number of anilines is 3. The predicted molar refractivity (Wildman–Crippen MR) is 196 cm³/mol. The molecule has 10 aromatic rings. The van der Waals surface area contributed by atoms with Crippen LogP contribution in [-0.4, -0.2) is 0 Å². The number of rotatable bonds is 4. The fourth-order valence-electron chi connectivity index (χ4n) is 7.22. The second-order valence-electron chi connectivity index (χ2n) is 12.1. The largest absolute Gasteiger partial charge is 0.456 e. The van der Waals surface area contributed by atoms with E-state index in [-0.39, 0.29) is 0 Å². The van der Waals surface area contributed by atoms with Crippen LogP contribution in [0.2, 0.25) is 0 Å². The Kier molecular flexibility index (Phi) is 5.57. The lowest BCUT2D eigenvalue weighted by Crippen LogP contribution is -2.11. The fourth-order valence-corrected chi connectivity index (χ4v) is 7.22. The van der Waals surface area contributed by atoms with Gasteiger partial charge in [0.2, 0.25) is 0 Å². The van der Waals surface area contributed by atoms with Gasteiger partial charge in [0.05, 0.1) is 5.69 Å². The Balaban J connectivity index is 1.18. The lowest BCUT2D eigenvalue weighted by atomic mass is 9.96. The molecule has 0 aliphatic heterocycles. The Morgan fingerprint density at radius 1 is 0.362 bits per heavy atom. The third-order valence-electron chi connectivity index (χ3n) is 9.41. The first-order chi connectivity index (χ1) is 23.3. The highest BCUT2D eigenvalue weighted by Gasteiger charge is 2.20. The average Bonchev–Trinajstić information content (AvgIpc) is 3.69. The number of hydrogen-bond acceptors (Lipinski definition) is 3. The molecule has 0 saturated carbocycles. The highest BCUT2D eigenvalue weighted by atomic mass is 16.3. The van der Waals surface area contributed by atoms with Crippen molar-refractivity contribution in [1.82, 2.24) is 0 Å². The summed E-state index contributed by atoms with van der Waals surface area (Å²) in [4.78, 5) is 2.33. The van der Waals surface area contributed by atoms with Gasteiger partial charge in [-0.05, 0) is 87.8 Å². The Morgan fingerprint density at radius 3 is 2.00 bits per heavy atom. The van der Waals surface area contributed by atoms with Crippen LogP contribution < -0.4 is 4.90 Å². The number of furan rings is 2. The summed E-state index contributed by atoms with van der Waals surface area (Å²) in [6.07, 6.45) is 0. The predicted octanol–water partition coefficient (Wildman–Crippen LogP) is 12.9. The summed E-state index contributed by atoms with van der Waals surface area (Å²) in [5.74, 6) is 0. The van der Waals surface area contributed by atoms with Crippen molar-refractivity contribution >= 4 is 82.5 Å². The van der Waals surface area contributed by atoms with Crippen LogP contribution in [0.25, 0.3) is 76.5 Å². The zero-order valence-corrected chi connectivity index (χ0v) is 25.4. The standard InChI is InChI=1S/C44H27NO2/c1-2-12-32(13-3-1)45(33-21-22-35-38-24-29-10-4-5-11-30(29)26-42(38)47-43(35)27-33)39-16-8-6-14-34(39)31-19-18-28-20-23-41-44(37(28)25-31)36-15-7-9-17-40(36)46-41/h1-27H. The van der Waals surface area contributed by atoms with Gasteiger partial charge in [0, 0.05) is 44.5 Å². The molecular formula is C44H27NO2. The second kappa shape index (κ2) is 10.1. The minimum absolute atomic E-state index is 0.867. The maximum Gasteiger partial charge on any atom is 0.137 e. The van der Waals surface area contributed by atoms with Crippen LogP contribution in [-0.2, 0) is 0 Å². The molecule has 3 heteroatoms. The van der Waals surface area contributed by atoms with Crippen molar-refractivity contribution in [3.63, 3.8) is 0 Å². The van der Waals surface area contributed by atoms with Gasteiger partial charge in [-0.1, -0.05) is 97.1 Å². The van der Waals surface area contributed by atoms with E-state index in [0.717, 1.165) is 72.1 Å². The minimum atomic E-state index is 0.867. The maximum atomic E-state index is 6.52. The Hall–Kier alpha value is -6.32. The number of benzene rings is 8. The molecule has 8 aromatic carbocycles. The van der Waals surface area contributed by atoms with Crippen LogP contribution in [0, 0.1) is 0 Å². The van der Waals surface area contributed by atoms with Crippen LogP contribution in [0.4, 0.5) is 17.1 Å². The Labute approximate surface area is 270 Å². The number of para-hydroxylation sites is 3. The summed E-state index contributed by atoms with van der Waals surface area (Å²) in [6.45, 7) is 0. The van der Waals surface area contributed by atoms with Gasteiger partial charge in [-0.15, -0.1) is 0 Å². The molecular weight excluding hydrogens is 574 g/mol. The van der Waals surface area contributed by atoms with Crippen LogP contribution >= 0.6 is 0 Å². The third-order valence-corrected chi connectivity index (χ3v) is 9.41. The molecule has 220 valence electrons. The normalized spacial score (nSPS) is 11.8. The number of nitrogens with zero attached hydrogens (tertiary/aromatic N) is 1. The lowest BCUT2D eigenvalue weighted by Gasteiger charge is -2.28. The topological polar surface area (TPSA) is 29.5 Å². The van der Waals surface area contributed by atoms with E-state index in [4.69, 9.17) is 8.83 Å². The molecule has 0 amide bonds. The molecule has 0 radical (unpaired) electrons. The van der Waals surface area contributed by atoms with Gasteiger partial charge >= 0.3 is 0 Å². The molecule has 3 nitrogen and oxygen atoms in total. The van der Waals surface area contributed by atoms with Crippen LogP contribution in [0.5, 0.6) is 0 Å². The number of hydrogen-bond donors (Lipinski definition) is 0. The number of fused-ring (bicyclic) bond motifs is 9. The van der Waals surface area contributed by atoms with Gasteiger partial charge in [0.25, 0.3) is 0 Å². The molecule has 47 heavy (non-hydrogen) atoms. The molecule has 0 spiro atoms. The van der Waals surface area contributed by atoms with Gasteiger partial charge < -0.3 is 13.7 Å². The molecule has 0 N–H and O–H groups in total. The van der Waals surface area contributed by atoms with E-state index in [1.54, 1.807) is 0 Å². The van der Waals surface area contributed by atoms with Crippen molar-refractivity contribution in [1.29, 1.82) is 0 Å². The minimum Gasteiger partial charge on any atom is -0.456 e. The van der Waals surface area contributed by atoms with Crippen molar-refractivity contribution < 1.29 is 8.83 Å². The SMILES string of the molecule is c1ccc(N(c2ccc3c(c2)oc2cc4ccccc4cc23)c2ccccc2-c2ccc3ccc4oc5ccccc5c4c3c2)cc1. The fraction of sp³-hybridized carbons (Fsp3) is 0. The highest BCUT2D eigenvalue weighted by molar-refractivity contribution is 6.19. The van der Waals surface area contributed by atoms with Crippen molar-refractivity contribution in [3.05, 3.63) is 164 Å². The molecule has 2 heterocycles. The first kappa shape index (κ1) is 26.0. The Bertz CT molecular complexity index is 2810. The van der Waals surface area contributed by atoms with Gasteiger partial charge in [0.15, 0.2) is 0 Å². The summed E-state index contributed by atoms with van der Waals surface area (Å²) < 4.78 is 12.8. The summed E-state index contributed by atoms with van der Waals surface area (Å²) in [7, 11) is 0. The van der Waals surface area contributed by atoms with E-state index in [1.807, 2.05) is 12.1 Å². The van der Waals surface area contributed by atoms with Crippen molar-refractivity contribution in [2.75, 3.05) is 4.90 Å². The molecule has 2 aromatic heterocycles. The van der Waals surface area contributed by atoms with Crippen molar-refractivity contribution in [3.8, 4) is 11.1 Å². The molecule has 0 unspecified atom stereocenters. The van der Waals surface area contributed by atoms with Crippen molar-refractivity contribution in [2.24, 2.45) is 0 Å². The Morgan fingerprint density at radius 2 is 1.09 bits per heavy atom. The molecule has 0 bridgehead atoms. The molecule has 0 fully saturated rings. The molecule has 0 saturated heterocycles. The summed E-state index contributed by atoms with van der Waals surface area (Å²) in [6, 6.07) is 57.9. The molecule has 10 rings (SSSR count). The lowest BCUT2D eigenvalue weighted by molar-refractivity contribution is 0.669. The van der Waals surface area contributed by atoms with E-state index in [9.17, 15) is 0 Å². The smallest absolute Gasteiger partial charge is 0.137 e. The van der Waals surface area contributed by atoms with E-state index >= 15 is 0 Å². The summed E-state index contributed by atoms with van der Waals surface area (Å²) >= 11 is 0. The quantitative estimate of drug-likeness (QED) is 0.201.